The first-order chi connectivity index (χ1) is 12.5. The molecule has 0 aliphatic heterocycles. The van der Waals surface area contributed by atoms with Crippen LogP contribution in [0.25, 0.3) is 0 Å². The molecule has 0 heterocycles. The molecule has 0 spiro atoms. The summed E-state index contributed by atoms with van der Waals surface area (Å²) in [5.74, 6) is -0.504. The van der Waals surface area contributed by atoms with Gasteiger partial charge in [-0.15, -0.1) is 0 Å². The lowest BCUT2D eigenvalue weighted by molar-refractivity contribution is -0.144. The fourth-order valence-corrected chi connectivity index (χ4v) is 2.29. The van der Waals surface area contributed by atoms with Gasteiger partial charge in [0, 0.05) is 18.2 Å². The molecule has 6 heteroatoms. The average molecular weight is 355 g/mol. The number of rotatable bonds is 8. The number of Topliss-reactive ketones (excluding diaryl/α,β-unsaturated/α-hetero) is 1. The topological polar surface area (TPSA) is 81.7 Å². The molecule has 0 saturated heterocycles. The molecule has 2 rings (SSSR count). The molecule has 2 aromatic carbocycles. The Morgan fingerprint density at radius 2 is 1.65 bits per heavy atom. The van der Waals surface area contributed by atoms with Crippen LogP contribution in [0.15, 0.2) is 48.5 Å². The molecular formula is C20H21NO5. The number of para-hydroxylation sites is 1. The summed E-state index contributed by atoms with van der Waals surface area (Å²) in [5.41, 5.74) is 1.98. The van der Waals surface area contributed by atoms with Crippen molar-refractivity contribution in [3.05, 3.63) is 59.7 Å². The lowest BCUT2D eigenvalue weighted by Crippen LogP contribution is -2.19. The number of hydrogen-bond donors (Lipinski definition) is 1. The van der Waals surface area contributed by atoms with Gasteiger partial charge in [-0.2, -0.15) is 0 Å². The van der Waals surface area contributed by atoms with Crippen molar-refractivity contribution in [3.63, 3.8) is 0 Å². The molecule has 136 valence electrons. The number of aryl methyl sites for hydroxylation is 1. The normalized spacial score (nSPS) is 10.1. The lowest BCUT2D eigenvalue weighted by Gasteiger charge is -2.10. The second-order valence-corrected chi connectivity index (χ2v) is 5.59. The van der Waals surface area contributed by atoms with E-state index in [0.717, 1.165) is 12.0 Å². The minimum atomic E-state index is -0.612. The molecule has 2 aromatic rings. The number of carbonyl (C=O) groups excluding carboxylic acids is 3. The monoisotopic (exact) mass is 355 g/mol. The first kappa shape index (κ1) is 19.2. The van der Waals surface area contributed by atoms with E-state index in [9.17, 15) is 14.4 Å². The summed E-state index contributed by atoms with van der Waals surface area (Å²) in [6, 6.07) is 13.8. The molecule has 6 nitrogen and oxygen atoms in total. The van der Waals surface area contributed by atoms with E-state index in [1.54, 1.807) is 30.3 Å². The largest absolute Gasteiger partial charge is 0.482 e. The fraction of sp³-hybridized carbons (Fsp3) is 0.250. The van der Waals surface area contributed by atoms with Crippen molar-refractivity contribution >= 4 is 23.3 Å². The number of anilines is 1. The van der Waals surface area contributed by atoms with Crippen molar-refractivity contribution in [2.24, 2.45) is 0 Å². The Kier molecular flexibility index (Phi) is 6.91. The van der Waals surface area contributed by atoms with E-state index in [1.807, 2.05) is 25.1 Å². The van der Waals surface area contributed by atoms with Gasteiger partial charge in [-0.1, -0.05) is 25.1 Å². The van der Waals surface area contributed by atoms with Crippen LogP contribution in [-0.4, -0.2) is 30.9 Å². The van der Waals surface area contributed by atoms with Crippen LogP contribution in [0.3, 0.4) is 0 Å². The van der Waals surface area contributed by atoms with Crippen LogP contribution < -0.4 is 10.1 Å². The van der Waals surface area contributed by atoms with Crippen molar-refractivity contribution < 1.29 is 23.9 Å². The number of esters is 1. The zero-order chi connectivity index (χ0) is 18.9. The molecular weight excluding hydrogens is 334 g/mol. The van der Waals surface area contributed by atoms with E-state index < -0.39 is 5.97 Å². The van der Waals surface area contributed by atoms with Gasteiger partial charge in [0.25, 0.3) is 0 Å². The summed E-state index contributed by atoms with van der Waals surface area (Å²) in [4.78, 5) is 34.8. The molecule has 0 bridgehead atoms. The molecule has 26 heavy (non-hydrogen) atoms. The maximum Gasteiger partial charge on any atom is 0.344 e. The number of nitrogens with one attached hydrogen (secondary N) is 1. The molecule has 0 fully saturated rings. The molecule has 0 aliphatic rings. The zero-order valence-corrected chi connectivity index (χ0v) is 14.8. The predicted molar refractivity (Wildman–Crippen MR) is 97.4 cm³/mol. The molecule has 0 atom stereocenters. The van der Waals surface area contributed by atoms with E-state index in [-0.39, 0.29) is 24.9 Å². The lowest BCUT2D eigenvalue weighted by atomic mass is 10.1. The second-order valence-electron chi connectivity index (χ2n) is 5.59. The van der Waals surface area contributed by atoms with E-state index in [2.05, 4.69) is 5.32 Å². The molecule has 1 amide bonds. The quantitative estimate of drug-likeness (QED) is 0.581. The van der Waals surface area contributed by atoms with E-state index in [0.29, 0.717) is 17.0 Å². The highest BCUT2D eigenvalue weighted by atomic mass is 16.6. The summed E-state index contributed by atoms with van der Waals surface area (Å²) < 4.78 is 10.4. The Balaban J connectivity index is 1.81. The Hall–Kier alpha value is -3.15. The van der Waals surface area contributed by atoms with Gasteiger partial charge in [-0.3, -0.25) is 9.59 Å². The number of ether oxygens (including phenoxy) is 2. The summed E-state index contributed by atoms with van der Waals surface area (Å²) in [6.07, 6.45) is 0.790. The Morgan fingerprint density at radius 1 is 0.962 bits per heavy atom. The Bertz CT molecular complexity index is 783. The molecule has 1 N–H and O–H groups in total. The fourth-order valence-electron chi connectivity index (χ4n) is 2.29. The van der Waals surface area contributed by atoms with Crippen LogP contribution in [0.5, 0.6) is 5.75 Å². The predicted octanol–water partition coefficient (Wildman–Crippen LogP) is 3.01. The third-order valence-electron chi connectivity index (χ3n) is 3.59. The summed E-state index contributed by atoms with van der Waals surface area (Å²) in [5, 5.41) is 2.61. The van der Waals surface area contributed by atoms with Gasteiger partial charge < -0.3 is 14.8 Å². The number of hydrogen-bond acceptors (Lipinski definition) is 5. The highest BCUT2D eigenvalue weighted by Gasteiger charge is 2.11. The van der Waals surface area contributed by atoms with Crippen molar-refractivity contribution in [2.75, 3.05) is 18.5 Å². The number of ketones is 1. The van der Waals surface area contributed by atoms with Gasteiger partial charge in [0.1, 0.15) is 5.75 Å². The van der Waals surface area contributed by atoms with Crippen molar-refractivity contribution in [1.82, 2.24) is 0 Å². The van der Waals surface area contributed by atoms with Gasteiger partial charge in [-0.05, 0) is 42.3 Å². The molecule has 0 saturated carbocycles. The minimum Gasteiger partial charge on any atom is -0.482 e. The maximum absolute atomic E-state index is 12.1. The van der Waals surface area contributed by atoms with E-state index >= 15 is 0 Å². The SMILES string of the molecule is CCc1ccccc1OCC(=O)OCC(=O)c1ccc(NC(C)=O)cc1. The standard InChI is InChI=1S/C20H21NO5/c1-3-15-6-4-5-7-19(15)25-13-20(24)26-12-18(23)16-8-10-17(11-9-16)21-14(2)22/h4-11H,3,12-13H2,1-2H3,(H,21,22). The van der Waals surface area contributed by atoms with E-state index in [4.69, 9.17) is 9.47 Å². The Labute approximate surface area is 152 Å². The van der Waals surface area contributed by atoms with Crippen LogP contribution >= 0.6 is 0 Å². The van der Waals surface area contributed by atoms with Gasteiger partial charge in [0.2, 0.25) is 5.91 Å². The van der Waals surface area contributed by atoms with Crippen LogP contribution in [0.1, 0.15) is 29.8 Å². The first-order valence-electron chi connectivity index (χ1n) is 8.26. The number of amides is 1. The first-order valence-corrected chi connectivity index (χ1v) is 8.26. The smallest absolute Gasteiger partial charge is 0.344 e. The second kappa shape index (κ2) is 9.36. The van der Waals surface area contributed by atoms with Gasteiger partial charge in [-0.25, -0.2) is 4.79 Å². The van der Waals surface area contributed by atoms with Crippen molar-refractivity contribution in [3.8, 4) is 5.75 Å². The maximum atomic E-state index is 12.1. The van der Waals surface area contributed by atoms with E-state index in [1.165, 1.54) is 6.92 Å². The minimum absolute atomic E-state index is 0.192. The molecule has 0 aromatic heterocycles. The highest BCUT2D eigenvalue weighted by molar-refractivity contribution is 5.98. The van der Waals surface area contributed by atoms with Gasteiger partial charge >= 0.3 is 5.97 Å². The van der Waals surface area contributed by atoms with Crippen LogP contribution in [0, 0.1) is 0 Å². The van der Waals surface area contributed by atoms with Crippen molar-refractivity contribution in [1.29, 1.82) is 0 Å². The van der Waals surface area contributed by atoms with Gasteiger partial charge in [0.15, 0.2) is 19.0 Å². The molecule has 0 aliphatic carbocycles. The molecule has 0 unspecified atom stereocenters. The average Bonchev–Trinajstić information content (AvgIpc) is 2.64. The van der Waals surface area contributed by atoms with Crippen LogP contribution in [-0.2, 0) is 20.7 Å². The van der Waals surface area contributed by atoms with Crippen LogP contribution in [0.2, 0.25) is 0 Å². The van der Waals surface area contributed by atoms with Crippen molar-refractivity contribution in [2.45, 2.75) is 20.3 Å². The van der Waals surface area contributed by atoms with Gasteiger partial charge in [0.05, 0.1) is 0 Å². The number of benzene rings is 2. The summed E-state index contributed by atoms with van der Waals surface area (Å²) in [6.45, 7) is 2.78. The highest BCUT2D eigenvalue weighted by Crippen LogP contribution is 2.18. The summed E-state index contributed by atoms with van der Waals surface area (Å²) in [7, 11) is 0. The number of carbonyl (C=O) groups is 3. The molecule has 0 radical (unpaired) electrons. The zero-order valence-electron chi connectivity index (χ0n) is 14.8. The summed E-state index contributed by atoms with van der Waals surface area (Å²) >= 11 is 0. The van der Waals surface area contributed by atoms with Crippen LogP contribution in [0.4, 0.5) is 5.69 Å². The third kappa shape index (κ3) is 5.73. The Morgan fingerprint density at radius 3 is 2.31 bits per heavy atom. The third-order valence-corrected chi connectivity index (χ3v) is 3.59.